The van der Waals surface area contributed by atoms with Gasteiger partial charge in [0.1, 0.15) is 0 Å². The van der Waals surface area contributed by atoms with Crippen molar-refractivity contribution >= 4 is 33.2 Å². The van der Waals surface area contributed by atoms with E-state index in [-0.39, 0.29) is 10.6 Å². The Morgan fingerprint density at radius 3 is 2.57 bits per heavy atom. The van der Waals surface area contributed by atoms with Gasteiger partial charge in [-0.1, -0.05) is 27.5 Å². The number of hydrogen-bond acceptors (Lipinski definition) is 2. The number of halogens is 2. The number of nitro groups is 1. The lowest BCUT2D eigenvalue weighted by Crippen LogP contribution is -1.98. The number of nitro benzene ring substituents is 1. The molecule has 5 heteroatoms. The Morgan fingerprint density at radius 2 is 2.14 bits per heavy atom. The van der Waals surface area contributed by atoms with Gasteiger partial charge in [-0.05, 0) is 25.0 Å². The molecule has 0 radical (unpaired) electrons. The number of benzene rings is 1. The summed E-state index contributed by atoms with van der Waals surface area (Å²) in [4.78, 5) is 10.4. The molecule has 1 aromatic rings. The normalized spacial score (nSPS) is 10.3. The van der Waals surface area contributed by atoms with E-state index in [1.807, 2.05) is 0 Å². The van der Waals surface area contributed by atoms with Gasteiger partial charge in [-0.2, -0.15) is 0 Å². The molecule has 76 valence electrons. The Hall–Kier alpha value is -0.610. The van der Waals surface area contributed by atoms with Gasteiger partial charge in [-0.25, -0.2) is 0 Å². The molecule has 0 fully saturated rings. The van der Waals surface area contributed by atoms with E-state index in [4.69, 9.17) is 11.6 Å². The van der Waals surface area contributed by atoms with E-state index >= 15 is 0 Å². The highest BCUT2D eigenvalue weighted by atomic mass is 79.9. The summed E-state index contributed by atoms with van der Waals surface area (Å²) in [5.74, 6) is 0. The average Bonchev–Trinajstić information content (AvgIpc) is 2.13. The molecule has 0 atom stereocenters. The Bertz CT molecular complexity index is 393. The number of rotatable bonds is 2. The van der Waals surface area contributed by atoms with Crippen molar-refractivity contribution in [3.8, 4) is 0 Å². The molecule has 0 aliphatic carbocycles. The summed E-state index contributed by atoms with van der Waals surface area (Å²) in [6.45, 7) is 3.55. The third kappa shape index (κ3) is 1.91. The first-order valence-electron chi connectivity index (χ1n) is 3.98. The zero-order valence-corrected chi connectivity index (χ0v) is 10.1. The van der Waals surface area contributed by atoms with E-state index in [0.717, 1.165) is 11.1 Å². The van der Waals surface area contributed by atoms with Crippen LogP contribution < -0.4 is 0 Å². The SMILES string of the molecule is Cc1cc([N+](=O)[O-])c(CBr)c(C)c1Cl. The lowest BCUT2D eigenvalue weighted by molar-refractivity contribution is -0.385. The van der Waals surface area contributed by atoms with Gasteiger partial charge in [0.15, 0.2) is 0 Å². The highest BCUT2D eigenvalue weighted by Crippen LogP contribution is 2.32. The molecule has 0 unspecified atom stereocenters. The smallest absolute Gasteiger partial charge is 0.258 e. The van der Waals surface area contributed by atoms with Crippen molar-refractivity contribution in [1.29, 1.82) is 0 Å². The predicted molar refractivity (Wildman–Crippen MR) is 60.2 cm³/mol. The minimum atomic E-state index is -0.382. The molecule has 0 spiro atoms. The monoisotopic (exact) mass is 277 g/mol. The Kier molecular flexibility index (Phi) is 3.50. The largest absolute Gasteiger partial charge is 0.274 e. The maximum atomic E-state index is 10.7. The van der Waals surface area contributed by atoms with E-state index in [2.05, 4.69) is 15.9 Å². The molecule has 14 heavy (non-hydrogen) atoms. The molecule has 0 saturated heterocycles. The van der Waals surface area contributed by atoms with Crippen LogP contribution in [0.4, 0.5) is 5.69 Å². The first-order chi connectivity index (χ1) is 6.49. The van der Waals surface area contributed by atoms with Crippen molar-refractivity contribution in [2.75, 3.05) is 0 Å². The summed E-state index contributed by atoms with van der Waals surface area (Å²) in [5.41, 5.74) is 2.28. The van der Waals surface area contributed by atoms with Crippen molar-refractivity contribution in [2.24, 2.45) is 0 Å². The van der Waals surface area contributed by atoms with Crippen molar-refractivity contribution < 1.29 is 4.92 Å². The van der Waals surface area contributed by atoms with Gasteiger partial charge in [0.05, 0.1) is 4.92 Å². The van der Waals surface area contributed by atoms with Crippen LogP contribution in [0.2, 0.25) is 5.02 Å². The zero-order chi connectivity index (χ0) is 10.9. The van der Waals surface area contributed by atoms with Gasteiger partial charge >= 0.3 is 0 Å². The molecule has 0 N–H and O–H groups in total. The van der Waals surface area contributed by atoms with Crippen LogP contribution in [-0.4, -0.2) is 4.92 Å². The summed E-state index contributed by atoms with van der Waals surface area (Å²) >= 11 is 9.22. The van der Waals surface area contributed by atoms with Crippen LogP contribution in [0.15, 0.2) is 6.07 Å². The van der Waals surface area contributed by atoms with E-state index in [0.29, 0.717) is 15.9 Å². The van der Waals surface area contributed by atoms with Crippen LogP contribution in [0.5, 0.6) is 0 Å². The maximum absolute atomic E-state index is 10.7. The van der Waals surface area contributed by atoms with Gasteiger partial charge in [0.2, 0.25) is 0 Å². The van der Waals surface area contributed by atoms with Crippen LogP contribution >= 0.6 is 27.5 Å². The van der Waals surface area contributed by atoms with Crippen LogP contribution in [0.25, 0.3) is 0 Å². The van der Waals surface area contributed by atoms with Gasteiger partial charge in [0, 0.05) is 22.0 Å². The van der Waals surface area contributed by atoms with Gasteiger partial charge in [0.25, 0.3) is 5.69 Å². The second-order valence-corrected chi connectivity index (χ2v) is 3.96. The molecule has 1 aromatic carbocycles. The molecule has 0 saturated carbocycles. The molecule has 1 rings (SSSR count). The molecular formula is C9H9BrClNO2. The Morgan fingerprint density at radius 1 is 1.57 bits per heavy atom. The van der Waals surface area contributed by atoms with Crippen LogP contribution in [0.1, 0.15) is 16.7 Å². The molecular weight excluding hydrogens is 269 g/mol. The maximum Gasteiger partial charge on any atom is 0.274 e. The Labute approximate surface area is 95.4 Å². The number of nitrogens with zero attached hydrogens (tertiary/aromatic N) is 1. The second kappa shape index (κ2) is 4.28. The van der Waals surface area contributed by atoms with Gasteiger partial charge < -0.3 is 0 Å². The first-order valence-corrected chi connectivity index (χ1v) is 5.48. The highest BCUT2D eigenvalue weighted by Gasteiger charge is 2.18. The second-order valence-electron chi connectivity index (χ2n) is 3.02. The Balaban J connectivity index is 3.51. The van der Waals surface area contributed by atoms with Crippen LogP contribution in [0.3, 0.4) is 0 Å². The molecule has 0 aliphatic rings. The molecule has 0 aromatic heterocycles. The molecule has 0 aliphatic heterocycles. The summed E-state index contributed by atoms with van der Waals surface area (Å²) in [6.07, 6.45) is 0. The quantitative estimate of drug-likeness (QED) is 0.469. The van der Waals surface area contributed by atoms with E-state index < -0.39 is 0 Å². The highest BCUT2D eigenvalue weighted by molar-refractivity contribution is 9.08. The molecule has 0 bridgehead atoms. The van der Waals surface area contributed by atoms with E-state index in [1.165, 1.54) is 6.07 Å². The van der Waals surface area contributed by atoms with Crippen molar-refractivity contribution in [2.45, 2.75) is 19.2 Å². The number of aryl methyl sites for hydroxylation is 1. The fourth-order valence-corrected chi connectivity index (χ4v) is 2.18. The minimum absolute atomic E-state index is 0.126. The third-order valence-electron chi connectivity index (χ3n) is 2.12. The predicted octanol–water partition coefficient (Wildman–Crippen LogP) is 3.76. The lowest BCUT2D eigenvalue weighted by atomic mass is 10.0. The molecule has 0 heterocycles. The van der Waals surface area contributed by atoms with Gasteiger partial charge in [-0.3, -0.25) is 10.1 Å². The van der Waals surface area contributed by atoms with Crippen LogP contribution in [-0.2, 0) is 5.33 Å². The van der Waals surface area contributed by atoms with Crippen molar-refractivity contribution in [3.05, 3.63) is 37.9 Å². The zero-order valence-electron chi connectivity index (χ0n) is 7.80. The molecule has 3 nitrogen and oxygen atoms in total. The number of hydrogen-bond donors (Lipinski definition) is 0. The fraction of sp³-hybridized carbons (Fsp3) is 0.333. The van der Waals surface area contributed by atoms with E-state index in [1.54, 1.807) is 13.8 Å². The lowest BCUT2D eigenvalue weighted by Gasteiger charge is -2.08. The summed E-state index contributed by atoms with van der Waals surface area (Å²) in [5, 5.41) is 11.8. The van der Waals surface area contributed by atoms with E-state index in [9.17, 15) is 10.1 Å². The standard InChI is InChI=1S/C9H9BrClNO2/c1-5-3-8(12(13)14)7(4-10)6(2)9(5)11/h3H,4H2,1-2H3. The summed E-state index contributed by atoms with van der Waals surface area (Å²) in [6, 6.07) is 1.51. The topological polar surface area (TPSA) is 43.1 Å². The van der Waals surface area contributed by atoms with Crippen LogP contribution in [0, 0.1) is 24.0 Å². The van der Waals surface area contributed by atoms with Crippen molar-refractivity contribution in [3.63, 3.8) is 0 Å². The number of alkyl halides is 1. The average molecular weight is 279 g/mol. The summed E-state index contributed by atoms with van der Waals surface area (Å²) < 4.78 is 0. The van der Waals surface area contributed by atoms with Crippen molar-refractivity contribution in [1.82, 2.24) is 0 Å². The first kappa shape index (κ1) is 11.5. The fourth-order valence-electron chi connectivity index (χ4n) is 1.31. The summed E-state index contributed by atoms with van der Waals surface area (Å²) in [7, 11) is 0. The van der Waals surface area contributed by atoms with Gasteiger partial charge in [-0.15, -0.1) is 0 Å². The third-order valence-corrected chi connectivity index (χ3v) is 3.26. The molecule has 0 amide bonds. The minimum Gasteiger partial charge on any atom is -0.258 e.